The highest BCUT2D eigenvalue weighted by Crippen LogP contribution is 2.14. The number of ether oxygens (including phenoxy) is 3. The lowest BCUT2D eigenvalue weighted by Crippen LogP contribution is -2.54. The van der Waals surface area contributed by atoms with Crippen molar-refractivity contribution < 1.29 is 19.0 Å². The Balaban J connectivity index is 2.67. The van der Waals surface area contributed by atoms with Gasteiger partial charge in [-0.1, -0.05) is 0 Å². The number of rotatable bonds is 1. The number of hydrogen-bond donors (Lipinski definition) is 0. The largest absolute Gasteiger partial charge is 0.453 e. The normalized spacial score (nSPS) is 28.7. The third-order valence-corrected chi connectivity index (χ3v) is 2.06. The molecule has 2 atom stereocenters. The zero-order valence-electron chi connectivity index (χ0n) is 8.15. The minimum Gasteiger partial charge on any atom is -0.453 e. The fourth-order valence-electron chi connectivity index (χ4n) is 1.37. The molecule has 0 unspecified atom stereocenters. The van der Waals surface area contributed by atoms with Gasteiger partial charge < -0.3 is 14.2 Å². The second kappa shape index (κ2) is 4.43. The first kappa shape index (κ1) is 10.3. The molecule has 5 nitrogen and oxygen atoms in total. The molecule has 1 fully saturated rings. The van der Waals surface area contributed by atoms with Gasteiger partial charge in [0.2, 0.25) is 0 Å². The van der Waals surface area contributed by atoms with Gasteiger partial charge in [0.05, 0.1) is 26.4 Å². The first-order chi connectivity index (χ1) is 6.20. The van der Waals surface area contributed by atoms with E-state index in [1.165, 1.54) is 7.11 Å². The van der Waals surface area contributed by atoms with E-state index in [-0.39, 0.29) is 18.4 Å². The summed E-state index contributed by atoms with van der Waals surface area (Å²) in [5.74, 6) is 0. The summed E-state index contributed by atoms with van der Waals surface area (Å²) in [4.78, 5) is 12.9. The van der Waals surface area contributed by atoms with Gasteiger partial charge in [-0.15, -0.1) is 0 Å². The number of hydrogen-bond acceptors (Lipinski definition) is 4. The zero-order valence-corrected chi connectivity index (χ0v) is 8.15. The molecule has 1 amide bonds. The first-order valence-corrected chi connectivity index (χ1v) is 4.17. The summed E-state index contributed by atoms with van der Waals surface area (Å²) in [5, 5.41) is 0. The van der Waals surface area contributed by atoms with Gasteiger partial charge in [0.25, 0.3) is 0 Å². The van der Waals surface area contributed by atoms with Crippen LogP contribution in [0.25, 0.3) is 0 Å². The van der Waals surface area contributed by atoms with E-state index in [2.05, 4.69) is 4.74 Å². The van der Waals surface area contributed by atoms with Crippen molar-refractivity contribution in [3.05, 3.63) is 0 Å². The van der Waals surface area contributed by atoms with Gasteiger partial charge in [-0.2, -0.15) is 0 Å². The van der Waals surface area contributed by atoms with Crippen molar-refractivity contribution in [2.75, 3.05) is 27.4 Å². The fraction of sp³-hybridized carbons (Fsp3) is 0.875. The first-order valence-electron chi connectivity index (χ1n) is 4.17. The van der Waals surface area contributed by atoms with Crippen LogP contribution >= 0.6 is 0 Å². The Morgan fingerprint density at radius 3 is 2.69 bits per heavy atom. The molecule has 0 aromatic carbocycles. The zero-order chi connectivity index (χ0) is 9.84. The SMILES string of the molecule is COC(=O)N1[C@@H](OC)COC[C@@H]1C. The van der Waals surface area contributed by atoms with Gasteiger partial charge in [0, 0.05) is 7.11 Å². The molecule has 1 heterocycles. The van der Waals surface area contributed by atoms with Gasteiger partial charge in [-0.3, -0.25) is 4.90 Å². The van der Waals surface area contributed by atoms with Crippen molar-refractivity contribution in [3.63, 3.8) is 0 Å². The van der Waals surface area contributed by atoms with Crippen LogP contribution in [0.3, 0.4) is 0 Å². The summed E-state index contributed by atoms with van der Waals surface area (Å²) in [5.41, 5.74) is 0. The molecule has 0 aliphatic carbocycles. The molecule has 5 heteroatoms. The van der Waals surface area contributed by atoms with E-state index < -0.39 is 0 Å². The number of carbonyl (C=O) groups excluding carboxylic acids is 1. The number of amides is 1. The Bertz CT molecular complexity index is 185. The average Bonchev–Trinajstić information content (AvgIpc) is 2.16. The maximum absolute atomic E-state index is 11.3. The van der Waals surface area contributed by atoms with Crippen LogP contribution in [-0.2, 0) is 14.2 Å². The van der Waals surface area contributed by atoms with Gasteiger partial charge >= 0.3 is 6.09 Å². The number of carbonyl (C=O) groups is 1. The Kier molecular flexibility index (Phi) is 3.50. The van der Waals surface area contributed by atoms with Crippen molar-refractivity contribution in [2.45, 2.75) is 19.2 Å². The predicted molar refractivity (Wildman–Crippen MR) is 45.3 cm³/mol. The second-order valence-corrected chi connectivity index (χ2v) is 2.95. The van der Waals surface area contributed by atoms with Gasteiger partial charge in [-0.05, 0) is 6.92 Å². The van der Waals surface area contributed by atoms with Crippen LogP contribution in [-0.4, -0.2) is 50.7 Å². The van der Waals surface area contributed by atoms with E-state index in [0.717, 1.165) is 0 Å². The molecule has 1 aliphatic rings. The highest BCUT2D eigenvalue weighted by molar-refractivity contribution is 5.68. The van der Waals surface area contributed by atoms with E-state index in [9.17, 15) is 4.79 Å². The molecule has 0 aromatic rings. The topological polar surface area (TPSA) is 48.0 Å². The second-order valence-electron chi connectivity index (χ2n) is 2.95. The van der Waals surface area contributed by atoms with E-state index in [1.807, 2.05) is 6.92 Å². The van der Waals surface area contributed by atoms with E-state index in [0.29, 0.717) is 13.2 Å². The van der Waals surface area contributed by atoms with Crippen molar-refractivity contribution in [2.24, 2.45) is 0 Å². The minimum absolute atomic E-state index is 0.00819. The van der Waals surface area contributed by atoms with Crippen LogP contribution in [0.2, 0.25) is 0 Å². The van der Waals surface area contributed by atoms with Crippen molar-refractivity contribution in [3.8, 4) is 0 Å². The summed E-state index contributed by atoms with van der Waals surface area (Å²) in [6.45, 7) is 2.81. The monoisotopic (exact) mass is 189 g/mol. The molecule has 0 bridgehead atoms. The maximum Gasteiger partial charge on any atom is 0.411 e. The molecule has 13 heavy (non-hydrogen) atoms. The molecule has 0 spiro atoms. The van der Waals surface area contributed by atoms with Gasteiger partial charge in [0.15, 0.2) is 6.23 Å². The third kappa shape index (κ3) is 2.10. The summed E-state index contributed by atoms with van der Waals surface area (Å²) in [7, 11) is 2.90. The summed E-state index contributed by atoms with van der Waals surface area (Å²) >= 11 is 0. The van der Waals surface area contributed by atoms with Crippen LogP contribution in [0.1, 0.15) is 6.92 Å². The third-order valence-electron chi connectivity index (χ3n) is 2.06. The van der Waals surface area contributed by atoms with E-state index in [1.54, 1.807) is 12.0 Å². The van der Waals surface area contributed by atoms with E-state index in [4.69, 9.17) is 9.47 Å². The summed E-state index contributed by atoms with van der Waals surface area (Å²) < 4.78 is 15.0. The quantitative estimate of drug-likeness (QED) is 0.600. The number of methoxy groups -OCH3 is 2. The average molecular weight is 189 g/mol. The molecular weight excluding hydrogens is 174 g/mol. The minimum atomic E-state index is -0.373. The highest BCUT2D eigenvalue weighted by Gasteiger charge is 2.33. The predicted octanol–water partition coefficient (Wildman–Crippen LogP) is 0.446. The van der Waals surface area contributed by atoms with E-state index >= 15 is 0 Å². The molecule has 1 saturated heterocycles. The van der Waals surface area contributed by atoms with Crippen LogP contribution < -0.4 is 0 Å². The van der Waals surface area contributed by atoms with Gasteiger partial charge in [0.1, 0.15) is 0 Å². The molecular formula is C8H15NO4. The molecule has 76 valence electrons. The molecule has 1 aliphatic heterocycles. The lowest BCUT2D eigenvalue weighted by molar-refractivity contribution is -0.133. The summed E-state index contributed by atoms with van der Waals surface area (Å²) in [6, 6.07) is -0.00819. The smallest absolute Gasteiger partial charge is 0.411 e. The maximum atomic E-state index is 11.3. The molecule has 0 radical (unpaired) electrons. The lowest BCUT2D eigenvalue weighted by atomic mass is 10.2. The van der Waals surface area contributed by atoms with Crippen LogP contribution in [0, 0.1) is 0 Å². The lowest BCUT2D eigenvalue weighted by Gasteiger charge is -2.37. The Morgan fingerprint density at radius 2 is 2.15 bits per heavy atom. The molecule has 1 rings (SSSR count). The van der Waals surface area contributed by atoms with Gasteiger partial charge in [-0.25, -0.2) is 4.79 Å². The Labute approximate surface area is 77.6 Å². The van der Waals surface area contributed by atoms with Crippen LogP contribution in [0.15, 0.2) is 0 Å². The molecule has 0 aromatic heterocycles. The standard InChI is InChI=1S/C8H15NO4/c1-6-4-13-5-7(11-2)9(6)8(10)12-3/h6-7H,4-5H2,1-3H3/t6-,7-/m0/s1. The van der Waals surface area contributed by atoms with Crippen LogP contribution in [0.4, 0.5) is 4.79 Å². The highest BCUT2D eigenvalue weighted by atomic mass is 16.6. The Hall–Kier alpha value is -0.810. The van der Waals surface area contributed by atoms with Crippen LogP contribution in [0.5, 0.6) is 0 Å². The van der Waals surface area contributed by atoms with Crippen molar-refractivity contribution in [1.29, 1.82) is 0 Å². The summed E-state index contributed by atoms with van der Waals surface area (Å²) in [6.07, 6.45) is -0.709. The molecule has 0 saturated carbocycles. The number of morpholine rings is 1. The Morgan fingerprint density at radius 1 is 1.46 bits per heavy atom. The fourth-order valence-corrected chi connectivity index (χ4v) is 1.37. The molecule has 0 N–H and O–H groups in total. The van der Waals surface area contributed by atoms with Crippen molar-refractivity contribution >= 4 is 6.09 Å². The number of nitrogens with zero attached hydrogens (tertiary/aromatic N) is 1. The van der Waals surface area contributed by atoms with Crippen molar-refractivity contribution in [1.82, 2.24) is 4.90 Å².